The van der Waals surface area contributed by atoms with E-state index in [2.05, 4.69) is 166 Å². The van der Waals surface area contributed by atoms with E-state index < -0.39 is 6.10 Å². The molecule has 6 aromatic carbocycles. The Hall–Kier alpha value is -7.02. The summed E-state index contributed by atoms with van der Waals surface area (Å²) >= 11 is 0. The number of allylic oxidation sites excluding steroid dienone is 2. The van der Waals surface area contributed by atoms with E-state index in [0.717, 1.165) is 43.6 Å². The third-order valence-corrected chi connectivity index (χ3v) is 10.9. The van der Waals surface area contributed by atoms with Crippen molar-refractivity contribution in [1.82, 2.24) is 19.9 Å². The second-order valence-electron chi connectivity index (χ2n) is 14.6. The van der Waals surface area contributed by atoms with Crippen LogP contribution in [0, 0.1) is 0 Å². The van der Waals surface area contributed by atoms with Gasteiger partial charge in [-0.3, -0.25) is 19.9 Å². The first kappa shape index (κ1) is 41.7. The number of methoxy groups -OCH3 is 1. The molecular weight excluding hydrogens is 850 g/mol. The second kappa shape index (κ2) is 19.6. The summed E-state index contributed by atoms with van der Waals surface area (Å²) in [6, 6.07) is 58.7. The van der Waals surface area contributed by atoms with Crippen LogP contribution in [0.5, 0.6) is 0 Å². The van der Waals surface area contributed by atoms with E-state index in [1.165, 1.54) is 44.5 Å². The van der Waals surface area contributed by atoms with Crippen LogP contribution in [0.1, 0.15) is 0 Å². The molecule has 1 N–H and O–H groups in total. The van der Waals surface area contributed by atoms with Gasteiger partial charge in [0.05, 0.1) is 22.1 Å². The van der Waals surface area contributed by atoms with E-state index in [4.69, 9.17) is 9.84 Å². The van der Waals surface area contributed by atoms with Crippen molar-refractivity contribution >= 4 is 43.6 Å². The van der Waals surface area contributed by atoms with Crippen molar-refractivity contribution in [2.45, 2.75) is 12.2 Å². The number of fused-ring (bicyclic) bond motifs is 6. The molecule has 1 aliphatic rings. The molecule has 0 aliphatic heterocycles. The topological polar surface area (TPSA) is 81.0 Å². The monoisotopic (exact) mass is 892 g/mol. The van der Waals surface area contributed by atoms with Crippen molar-refractivity contribution in [3.63, 3.8) is 0 Å². The maximum atomic E-state index is 9.11. The first-order chi connectivity index (χ1) is 30.2. The zero-order chi connectivity index (χ0) is 41.4. The molecule has 0 fully saturated rings. The fourth-order valence-corrected chi connectivity index (χ4v) is 7.93. The van der Waals surface area contributed by atoms with E-state index in [0.29, 0.717) is 0 Å². The summed E-state index contributed by atoms with van der Waals surface area (Å²) in [4.78, 5) is 18.7. The molecular formula is C55H42N4O2Ru. The minimum atomic E-state index is -0.472. The van der Waals surface area contributed by atoms with Crippen LogP contribution in [0.4, 0.5) is 0 Å². The molecule has 2 unspecified atom stereocenters. The van der Waals surface area contributed by atoms with Crippen LogP contribution >= 0.6 is 0 Å². The van der Waals surface area contributed by atoms with Crippen LogP contribution in [0.2, 0.25) is 0 Å². The Morgan fingerprint density at radius 2 is 0.645 bits per heavy atom. The molecule has 1 aliphatic carbocycles. The molecule has 4 aromatic heterocycles. The van der Waals surface area contributed by atoms with Crippen molar-refractivity contribution in [3.05, 3.63) is 219 Å². The third kappa shape index (κ3) is 8.74. The van der Waals surface area contributed by atoms with Gasteiger partial charge in [-0.2, -0.15) is 0 Å². The fourth-order valence-electron chi connectivity index (χ4n) is 7.93. The molecule has 0 amide bonds. The summed E-state index contributed by atoms with van der Waals surface area (Å²) in [6.45, 7) is 0. The zero-order valence-electron chi connectivity index (χ0n) is 33.9. The minimum Gasteiger partial charge on any atom is -0.386 e. The Morgan fingerprint density at radius 3 is 0.887 bits per heavy atom. The maximum Gasteiger partial charge on any atom is 0.105 e. The summed E-state index contributed by atoms with van der Waals surface area (Å²) < 4.78 is 4.92. The van der Waals surface area contributed by atoms with Crippen LogP contribution in [0.25, 0.3) is 88.1 Å². The Balaban J connectivity index is 0.000000141. The van der Waals surface area contributed by atoms with Gasteiger partial charge in [-0.25, -0.2) is 0 Å². The van der Waals surface area contributed by atoms with Crippen LogP contribution in [-0.2, 0) is 24.2 Å². The van der Waals surface area contributed by atoms with Gasteiger partial charge in [0.15, 0.2) is 0 Å². The Kier molecular flexibility index (Phi) is 13.2. The van der Waals surface area contributed by atoms with Crippen molar-refractivity contribution < 1.29 is 29.3 Å². The van der Waals surface area contributed by atoms with Gasteiger partial charge in [0.1, 0.15) is 12.2 Å². The first-order valence-electron chi connectivity index (χ1n) is 20.3. The number of ether oxygens (including phenoxy) is 1. The van der Waals surface area contributed by atoms with E-state index in [9.17, 15) is 0 Å². The van der Waals surface area contributed by atoms with Crippen molar-refractivity contribution in [2.75, 3.05) is 7.11 Å². The molecule has 0 radical (unpaired) electrons. The summed E-state index contributed by atoms with van der Waals surface area (Å²) in [7, 11) is 1.58. The zero-order valence-corrected chi connectivity index (χ0v) is 35.7. The first-order valence-corrected chi connectivity index (χ1v) is 20.3. The molecule has 11 rings (SSSR count). The Morgan fingerprint density at radius 1 is 0.371 bits per heavy atom. The number of rotatable bonds is 5. The Labute approximate surface area is 373 Å². The Bertz CT molecular complexity index is 2750. The number of benzene rings is 6. The molecule has 6 nitrogen and oxygen atoms in total. The normalized spacial score (nSPS) is 14.1. The van der Waals surface area contributed by atoms with E-state index in [-0.39, 0.29) is 25.6 Å². The summed E-state index contributed by atoms with van der Waals surface area (Å²) in [5.41, 5.74) is 13.3. The SMILES string of the molecule is COC1C=CC=CC1O.[Ru].c1ccc(-c2ccnc3c2ccc2c(-c4ccccc4)ccnc23)cc1.c1ccc(-c2ccnc3c2ccc2c(-c4ccccc4)ccnc23)cc1. The van der Waals surface area contributed by atoms with Crippen molar-refractivity contribution in [3.8, 4) is 44.5 Å². The van der Waals surface area contributed by atoms with E-state index in [1.54, 1.807) is 19.3 Å². The largest absolute Gasteiger partial charge is 0.386 e. The summed E-state index contributed by atoms with van der Waals surface area (Å²) in [5.74, 6) is 0. The second-order valence-corrected chi connectivity index (χ2v) is 14.6. The summed E-state index contributed by atoms with van der Waals surface area (Å²) in [5, 5.41) is 13.6. The van der Waals surface area contributed by atoms with Gasteiger partial charge < -0.3 is 9.84 Å². The molecule has 0 bridgehead atoms. The number of hydrogen-bond donors (Lipinski definition) is 1. The molecule has 0 spiro atoms. The predicted molar refractivity (Wildman–Crippen MR) is 251 cm³/mol. The average Bonchev–Trinajstić information content (AvgIpc) is 3.34. The van der Waals surface area contributed by atoms with Gasteiger partial charge in [0.25, 0.3) is 0 Å². The predicted octanol–water partition coefficient (Wildman–Crippen LogP) is 12.7. The molecule has 62 heavy (non-hydrogen) atoms. The molecule has 2 atom stereocenters. The quantitative estimate of drug-likeness (QED) is 0.137. The summed E-state index contributed by atoms with van der Waals surface area (Å²) in [6.07, 6.45) is 14.1. The molecule has 302 valence electrons. The van der Waals surface area contributed by atoms with Gasteiger partial charge in [-0.1, -0.05) is 170 Å². The number of hydrogen-bond acceptors (Lipinski definition) is 6. The smallest absolute Gasteiger partial charge is 0.105 e. The van der Waals surface area contributed by atoms with Crippen LogP contribution in [-0.4, -0.2) is 44.4 Å². The molecule has 0 saturated heterocycles. The van der Waals surface area contributed by atoms with Gasteiger partial charge in [-0.15, -0.1) is 0 Å². The van der Waals surface area contributed by atoms with Gasteiger partial charge >= 0.3 is 0 Å². The van der Waals surface area contributed by atoms with Crippen LogP contribution in [0.3, 0.4) is 0 Å². The average molecular weight is 892 g/mol. The molecule has 10 aromatic rings. The van der Waals surface area contributed by atoms with Gasteiger partial charge in [0.2, 0.25) is 0 Å². The molecule has 4 heterocycles. The van der Waals surface area contributed by atoms with Crippen molar-refractivity contribution in [1.29, 1.82) is 0 Å². The number of aromatic nitrogens is 4. The molecule has 7 heteroatoms. The number of nitrogens with zero attached hydrogens (tertiary/aromatic N) is 4. The number of aliphatic hydroxyl groups is 1. The standard InChI is InChI=1S/2C24H16N2.C7H10O2.Ru/c2*1-3-7-17(8-4-1)19-13-15-25-23-21(19)11-12-22-20(14-16-26-24(22)23)18-9-5-2-6-10-18;1-9-7-5-3-2-4-6(7)8;/h2*1-16H;2-8H,1H3;. The van der Waals surface area contributed by atoms with Gasteiger partial charge in [-0.05, 0) is 68.8 Å². The third-order valence-electron chi connectivity index (χ3n) is 10.9. The van der Waals surface area contributed by atoms with E-state index >= 15 is 0 Å². The van der Waals surface area contributed by atoms with Gasteiger partial charge in [0, 0.05) is 72.9 Å². The van der Waals surface area contributed by atoms with Crippen LogP contribution < -0.4 is 0 Å². The van der Waals surface area contributed by atoms with Crippen molar-refractivity contribution in [2.24, 2.45) is 0 Å². The number of aliphatic hydroxyl groups excluding tert-OH is 1. The fraction of sp³-hybridized carbons (Fsp3) is 0.0545. The number of pyridine rings is 4. The minimum absolute atomic E-state index is 0. The van der Waals surface area contributed by atoms with E-state index in [1.807, 2.05) is 61.2 Å². The van der Waals surface area contributed by atoms with Crippen LogP contribution in [0.15, 0.2) is 219 Å². The maximum absolute atomic E-state index is 9.11. The molecule has 0 saturated carbocycles.